The molecule has 0 bridgehead atoms. The summed E-state index contributed by atoms with van der Waals surface area (Å²) >= 11 is 0. The smallest absolute Gasteiger partial charge is 0.161 e. The summed E-state index contributed by atoms with van der Waals surface area (Å²) in [6.45, 7) is 4.02. The van der Waals surface area contributed by atoms with Gasteiger partial charge < -0.3 is 9.47 Å². The van der Waals surface area contributed by atoms with Crippen molar-refractivity contribution in [2.45, 2.75) is 12.8 Å². The summed E-state index contributed by atoms with van der Waals surface area (Å²) in [5.41, 5.74) is 4.91. The van der Waals surface area contributed by atoms with Crippen molar-refractivity contribution in [1.82, 2.24) is 4.90 Å². The fourth-order valence-electron chi connectivity index (χ4n) is 2.87. The van der Waals surface area contributed by atoms with E-state index in [2.05, 4.69) is 15.4 Å². The monoisotopic (exact) mass is 339 g/mol. The summed E-state index contributed by atoms with van der Waals surface area (Å²) in [6, 6.07) is 15.7. The molecule has 1 aliphatic heterocycles. The number of rotatable bonds is 8. The zero-order valence-corrected chi connectivity index (χ0v) is 14.6. The predicted octanol–water partition coefficient (Wildman–Crippen LogP) is 3.62. The second-order valence-electron chi connectivity index (χ2n) is 6.04. The van der Waals surface area contributed by atoms with Crippen molar-refractivity contribution >= 4 is 11.9 Å². The van der Waals surface area contributed by atoms with E-state index in [1.807, 2.05) is 48.5 Å². The van der Waals surface area contributed by atoms with Crippen LogP contribution in [-0.4, -0.2) is 44.5 Å². The number of nitrogens with zero attached hydrogens (tertiary/aromatic N) is 2. The maximum absolute atomic E-state index is 5.89. The molecule has 1 saturated heterocycles. The van der Waals surface area contributed by atoms with Crippen molar-refractivity contribution in [3.8, 4) is 11.5 Å². The van der Waals surface area contributed by atoms with Gasteiger partial charge in [-0.1, -0.05) is 18.2 Å². The molecule has 25 heavy (non-hydrogen) atoms. The van der Waals surface area contributed by atoms with Crippen molar-refractivity contribution in [3.05, 3.63) is 54.1 Å². The molecule has 132 valence electrons. The van der Waals surface area contributed by atoms with Gasteiger partial charge in [0.1, 0.15) is 6.61 Å². The lowest BCUT2D eigenvalue weighted by molar-refractivity contribution is 0.230. The first kappa shape index (κ1) is 17.3. The van der Waals surface area contributed by atoms with E-state index in [0.29, 0.717) is 6.61 Å². The van der Waals surface area contributed by atoms with Crippen LogP contribution in [0, 0.1) is 0 Å². The van der Waals surface area contributed by atoms with Crippen molar-refractivity contribution in [2.75, 3.05) is 38.8 Å². The molecule has 1 heterocycles. The number of hydrogen-bond donors (Lipinski definition) is 1. The highest BCUT2D eigenvalue weighted by Gasteiger charge is 2.11. The molecule has 3 rings (SSSR count). The maximum Gasteiger partial charge on any atom is 0.161 e. The highest BCUT2D eigenvalue weighted by Crippen LogP contribution is 2.27. The highest BCUT2D eigenvalue weighted by molar-refractivity contribution is 5.81. The average molecular weight is 339 g/mol. The Hall–Kier alpha value is -2.53. The third-order valence-electron chi connectivity index (χ3n) is 4.23. The lowest BCUT2D eigenvalue weighted by atomic mass is 10.2. The van der Waals surface area contributed by atoms with Crippen molar-refractivity contribution in [2.24, 2.45) is 5.10 Å². The molecule has 2 aromatic rings. The van der Waals surface area contributed by atoms with Crippen LogP contribution in [0.25, 0.3) is 0 Å². The number of anilines is 1. The Labute approximate surface area is 149 Å². The van der Waals surface area contributed by atoms with Gasteiger partial charge in [0.25, 0.3) is 0 Å². The molecule has 1 N–H and O–H groups in total. The molecule has 0 unspecified atom stereocenters. The van der Waals surface area contributed by atoms with Crippen LogP contribution < -0.4 is 14.9 Å². The topological polar surface area (TPSA) is 46.1 Å². The summed E-state index contributed by atoms with van der Waals surface area (Å²) < 4.78 is 11.3. The molecule has 0 saturated carbocycles. The summed E-state index contributed by atoms with van der Waals surface area (Å²) in [6.07, 6.45) is 4.37. The van der Waals surface area contributed by atoms with Crippen LogP contribution in [0.5, 0.6) is 11.5 Å². The fourth-order valence-corrected chi connectivity index (χ4v) is 2.87. The van der Waals surface area contributed by atoms with Gasteiger partial charge in [-0.05, 0) is 61.8 Å². The van der Waals surface area contributed by atoms with Crippen molar-refractivity contribution in [1.29, 1.82) is 0 Å². The van der Waals surface area contributed by atoms with E-state index in [1.54, 1.807) is 13.3 Å². The van der Waals surface area contributed by atoms with Gasteiger partial charge in [0.05, 0.1) is 19.0 Å². The molecule has 0 aromatic heterocycles. The standard InChI is InChI=1S/C20H25N3O2/c1-24-20-15-17(16-21-22-18-7-3-2-4-8-18)9-10-19(20)25-14-13-23-11-5-6-12-23/h2-4,7-10,15-16,22H,5-6,11-14H2,1H3. The largest absolute Gasteiger partial charge is 0.493 e. The van der Waals surface area contributed by atoms with E-state index < -0.39 is 0 Å². The number of hydrogen-bond acceptors (Lipinski definition) is 5. The van der Waals surface area contributed by atoms with Gasteiger partial charge in [-0.15, -0.1) is 0 Å². The van der Waals surface area contributed by atoms with Crippen molar-refractivity contribution < 1.29 is 9.47 Å². The summed E-state index contributed by atoms with van der Waals surface area (Å²) in [5.74, 6) is 1.50. The fraction of sp³-hybridized carbons (Fsp3) is 0.350. The molecule has 0 amide bonds. The average Bonchev–Trinajstić information content (AvgIpc) is 3.17. The molecule has 0 radical (unpaired) electrons. The van der Waals surface area contributed by atoms with Crippen LogP contribution in [-0.2, 0) is 0 Å². The Bertz CT molecular complexity index is 683. The third kappa shape index (κ3) is 5.22. The third-order valence-corrected chi connectivity index (χ3v) is 4.23. The Balaban J connectivity index is 1.55. The van der Waals surface area contributed by atoms with Crippen LogP contribution in [0.2, 0.25) is 0 Å². The number of nitrogens with one attached hydrogen (secondary N) is 1. The van der Waals surface area contributed by atoms with Crippen LogP contribution >= 0.6 is 0 Å². The number of hydrazone groups is 1. The summed E-state index contributed by atoms with van der Waals surface area (Å²) in [7, 11) is 1.66. The van der Waals surface area contributed by atoms with E-state index in [-0.39, 0.29) is 0 Å². The minimum Gasteiger partial charge on any atom is -0.493 e. The minimum absolute atomic E-state index is 0.680. The number of methoxy groups -OCH3 is 1. The molecule has 0 spiro atoms. The van der Waals surface area contributed by atoms with E-state index in [1.165, 1.54) is 25.9 Å². The van der Waals surface area contributed by atoms with Gasteiger partial charge in [-0.25, -0.2) is 0 Å². The van der Waals surface area contributed by atoms with Crippen LogP contribution in [0.15, 0.2) is 53.6 Å². The van der Waals surface area contributed by atoms with Crippen LogP contribution in [0.4, 0.5) is 5.69 Å². The van der Waals surface area contributed by atoms with Gasteiger partial charge in [0.2, 0.25) is 0 Å². The molecule has 1 aliphatic rings. The second kappa shape index (κ2) is 9.08. The molecular formula is C20H25N3O2. The molecule has 5 nitrogen and oxygen atoms in total. The number of ether oxygens (including phenoxy) is 2. The Morgan fingerprint density at radius 2 is 1.88 bits per heavy atom. The Morgan fingerprint density at radius 3 is 2.64 bits per heavy atom. The number of benzene rings is 2. The highest BCUT2D eigenvalue weighted by atomic mass is 16.5. The van der Waals surface area contributed by atoms with Crippen molar-refractivity contribution in [3.63, 3.8) is 0 Å². The lowest BCUT2D eigenvalue weighted by Crippen LogP contribution is -2.25. The molecule has 5 heteroatoms. The van der Waals surface area contributed by atoms with Gasteiger partial charge in [-0.2, -0.15) is 5.10 Å². The molecular weight excluding hydrogens is 314 g/mol. The zero-order valence-electron chi connectivity index (χ0n) is 14.6. The first-order valence-corrected chi connectivity index (χ1v) is 8.72. The predicted molar refractivity (Wildman–Crippen MR) is 102 cm³/mol. The van der Waals surface area contributed by atoms with Gasteiger partial charge in [-0.3, -0.25) is 10.3 Å². The summed E-state index contributed by atoms with van der Waals surface area (Å²) in [4.78, 5) is 2.43. The van der Waals surface area contributed by atoms with E-state index in [9.17, 15) is 0 Å². The first-order valence-electron chi connectivity index (χ1n) is 8.72. The lowest BCUT2D eigenvalue weighted by Gasteiger charge is -2.16. The Kier molecular flexibility index (Phi) is 6.29. The van der Waals surface area contributed by atoms with Gasteiger partial charge >= 0.3 is 0 Å². The maximum atomic E-state index is 5.89. The van der Waals surface area contributed by atoms with Crippen LogP contribution in [0.1, 0.15) is 18.4 Å². The second-order valence-corrected chi connectivity index (χ2v) is 6.04. The van der Waals surface area contributed by atoms with E-state index in [0.717, 1.165) is 29.3 Å². The summed E-state index contributed by atoms with van der Waals surface area (Å²) in [5, 5.41) is 4.25. The molecule has 0 atom stereocenters. The minimum atomic E-state index is 0.680. The SMILES string of the molecule is COc1cc(C=NNc2ccccc2)ccc1OCCN1CCCC1. The molecule has 0 aliphatic carbocycles. The van der Waals surface area contributed by atoms with Crippen LogP contribution in [0.3, 0.4) is 0 Å². The van der Waals surface area contributed by atoms with Gasteiger partial charge in [0.15, 0.2) is 11.5 Å². The number of para-hydroxylation sites is 1. The molecule has 1 fully saturated rings. The van der Waals surface area contributed by atoms with E-state index >= 15 is 0 Å². The first-order chi connectivity index (χ1) is 12.3. The normalized spacial score (nSPS) is 14.8. The quantitative estimate of drug-likeness (QED) is 0.589. The Morgan fingerprint density at radius 1 is 1.08 bits per heavy atom. The van der Waals surface area contributed by atoms with E-state index in [4.69, 9.17) is 9.47 Å². The van der Waals surface area contributed by atoms with Gasteiger partial charge in [0, 0.05) is 6.54 Å². The molecule has 2 aromatic carbocycles. The zero-order chi connectivity index (χ0) is 17.3. The number of likely N-dealkylation sites (tertiary alicyclic amines) is 1.